The quantitative estimate of drug-likeness (QED) is 0.786. The number of rotatable bonds is 8. The largest absolute Gasteiger partial charge is 0.497 e. The second-order valence-electron chi connectivity index (χ2n) is 4.83. The fourth-order valence-corrected chi connectivity index (χ4v) is 2.28. The van der Waals surface area contributed by atoms with Gasteiger partial charge in [0.25, 0.3) is 0 Å². The number of likely N-dealkylation sites (N-methyl/N-ethyl adjacent to an activating group) is 1. The molecule has 5 heteroatoms. The number of nitrogens with two attached hydrogens (primary N) is 1. The molecule has 0 fully saturated rings. The van der Waals surface area contributed by atoms with Crippen molar-refractivity contribution in [1.82, 2.24) is 4.90 Å². The molecule has 114 valence electrons. The first-order chi connectivity index (χ1) is 9.58. The van der Waals surface area contributed by atoms with Crippen LogP contribution in [0.1, 0.15) is 18.5 Å². The van der Waals surface area contributed by atoms with E-state index in [9.17, 15) is 0 Å². The second kappa shape index (κ2) is 8.09. The Balaban J connectivity index is 3.09. The van der Waals surface area contributed by atoms with Gasteiger partial charge in [-0.1, -0.05) is 0 Å². The number of methoxy groups -OCH3 is 3. The fraction of sp³-hybridized carbons (Fsp3) is 0.600. The van der Waals surface area contributed by atoms with Gasteiger partial charge >= 0.3 is 0 Å². The molecule has 1 aromatic rings. The van der Waals surface area contributed by atoms with Crippen LogP contribution in [0.15, 0.2) is 18.2 Å². The predicted molar refractivity (Wildman–Crippen MR) is 80.4 cm³/mol. The third-order valence-corrected chi connectivity index (χ3v) is 3.61. The molecule has 20 heavy (non-hydrogen) atoms. The Morgan fingerprint density at radius 1 is 1.20 bits per heavy atom. The number of ether oxygens (including phenoxy) is 3. The van der Waals surface area contributed by atoms with Crippen LogP contribution in [-0.2, 0) is 4.74 Å². The number of benzene rings is 1. The summed E-state index contributed by atoms with van der Waals surface area (Å²) in [5, 5.41) is 0. The summed E-state index contributed by atoms with van der Waals surface area (Å²) in [5.74, 6) is 1.62. The van der Waals surface area contributed by atoms with E-state index < -0.39 is 0 Å². The zero-order valence-corrected chi connectivity index (χ0v) is 13.1. The van der Waals surface area contributed by atoms with Crippen molar-refractivity contribution in [2.45, 2.75) is 19.0 Å². The molecular formula is C15H26N2O3. The molecule has 0 radical (unpaired) electrons. The highest BCUT2D eigenvalue weighted by atomic mass is 16.5. The van der Waals surface area contributed by atoms with Crippen LogP contribution >= 0.6 is 0 Å². The van der Waals surface area contributed by atoms with Gasteiger partial charge < -0.3 is 19.9 Å². The van der Waals surface area contributed by atoms with Crippen LogP contribution < -0.4 is 15.2 Å². The maximum atomic E-state index is 5.98. The zero-order valence-electron chi connectivity index (χ0n) is 13.1. The number of nitrogens with zero attached hydrogens (tertiary/aromatic N) is 1. The van der Waals surface area contributed by atoms with Crippen LogP contribution in [0.25, 0.3) is 0 Å². The molecule has 0 spiro atoms. The van der Waals surface area contributed by atoms with E-state index in [0.717, 1.165) is 17.1 Å². The Kier molecular flexibility index (Phi) is 6.78. The second-order valence-corrected chi connectivity index (χ2v) is 4.83. The van der Waals surface area contributed by atoms with Crippen molar-refractivity contribution in [3.8, 4) is 11.5 Å². The molecule has 2 unspecified atom stereocenters. The van der Waals surface area contributed by atoms with Crippen molar-refractivity contribution in [2.24, 2.45) is 5.73 Å². The number of hydrogen-bond acceptors (Lipinski definition) is 5. The molecule has 0 saturated heterocycles. The van der Waals surface area contributed by atoms with Crippen molar-refractivity contribution in [3.63, 3.8) is 0 Å². The first-order valence-corrected chi connectivity index (χ1v) is 6.71. The number of hydrogen-bond donors (Lipinski definition) is 1. The molecule has 5 nitrogen and oxygen atoms in total. The van der Waals surface area contributed by atoms with Gasteiger partial charge in [-0.3, -0.25) is 4.90 Å². The Bertz CT molecular complexity index is 412. The molecule has 0 amide bonds. The Hall–Kier alpha value is -1.30. The maximum Gasteiger partial charge on any atom is 0.123 e. The van der Waals surface area contributed by atoms with E-state index in [-0.39, 0.29) is 12.1 Å². The van der Waals surface area contributed by atoms with Crippen molar-refractivity contribution in [1.29, 1.82) is 0 Å². The lowest BCUT2D eigenvalue weighted by Crippen LogP contribution is -2.39. The van der Waals surface area contributed by atoms with Crippen LogP contribution in [0.5, 0.6) is 11.5 Å². The van der Waals surface area contributed by atoms with Crippen molar-refractivity contribution < 1.29 is 14.2 Å². The van der Waals surface area contributed by atoms with E-state index in [1.54, 1.807) is 21.3 Å². The van der Waals surface area contributed by atoms with E-state index in [4.69, 9.17) is 19.9 Å². The third kappa shape index (κ3) is 3.85. The summed E-state index contributed by atoms with van der Waals surface area (Å²) in [5.41, 5.74) is 7.00. The molecular weight excluding hydrogens is 256 g/mol. The standard InChI is InChI=1S/C15H26N2O3/c1-11(10-18-3)17(2)14(9-16)13-8-12(19-4)6-7-15(13)20-5/h6-8,11,14H,9-10,16H2,1-5H3. The summed E-state index contributed by atoms with van der Waals surface area (Å²) in [6.45, 7) is 3.26. The van der Waals surface area contributed by atoms with Crippen LogP contribution in [0, 0.1) is 0 Å². The molecule has 0 saturated carbocycles. The van der Waals surface area contributed by atoms with Crippen LogP contribution in [0.4, 0.5) is 0 Å². The monoisotopic (exact) mass is 282 g/mol. The first-order valence-electron chi connectivity index (χ1n) is 6.71. The molecule has 0 heterocycles. The van der Waals surface area contributed by atoms with Gasteiger partial charge in [0.2, 0.25) is 0 Å². The lowest BCUT2D eigenvalue weighted by Gasteiger charge is -2.33. The minimum Gasteiger partial charge on any atom is -0.497 e. The lowest BCUT2D eigenvalue weighted by molar-refractivity contribution is 0.0901. The normalized spacial score (nSPS) is 14.2. The smallest absolute Gasteiger partial charge is 0.123 e. The Labute approximate surface area is 121 Å². The maximum absolute atomic E-state index is 5.98. The first kappa shape index (κ1) is 16.8. The van der Waals surface area contributed by atoms with Gasteiger partial charge in [-0.15, -0.1) is 0 Å². The highest BCUT2D eigenvalue weighted by molar-refractivity contribution is 5.42. The van der Waals surface area contributed by atoms with E-state index >= 15 is 0 Å². The SMILES string of the molecule is COCC(C)N(C)C(CN)c1cc(OC)ccc1OC. The third-order valence-electron chi connectivity index (χ3n) is 3.61. The average Bonchev–Trinajstić information content (AvgIpc) is 2.47. The molecule has 2 N–H and O–H groups in total. The molecule has 0 aromatic heterocycles. The van der Waals surface area contributed by atoms with Crippen LogP contribution in [-0.4, -0.2) is 52.5 Å². The van der Waals surface area contributed by atoms with Crippen LogP contribution in [0.3, 0.4) is 0 Å². The van der Waals surface area contributed by atoms with Gasteiger partial charge in [-0.05, 0) is 32.2 Å². The van der Waals surface area contributed by atoms with Crippen molar-refractivity contribution in [3.05, 3.63) is 23.8 Å². The molecule has 0 bridgehead atoms. The van der Waals surface area contributed by atoms with Gasteiger partial charge in [0.05, 0.1) is 26.9 Å². The van der Waals surface area contributed by atoms with Gasteiger partial charge in [0.15, 0.2) is 0 Å². The highest BCUT2D eigenvalue weighted by Crippen LogP contribution is 2.32. The fourth-order valence-electron chi connectivity index (χ4n) is 2.28. The van der Waals surface area contributed by atoms with Crippen LogP contribution in [0.2, 0.25) is 0 Å². The Morgan fingerprint density at radius 3 is 2.40 bits per heavy atom. The minimum absolute atomic E-state index is 0.0465. The molecule has 1 rings (SSSR count). The van der Waals surface area contributed by atoms with Gasteiger partial charge in [0, 0.05) is 25.3 Å². The van der Waals surface area contributed by atoms with E-state index in [1.807, 2.05) is 25.2 Å². The van der Waals surface area contributed by atoms with Crippen molar-refractivity contribution in [2.75, 3.05) is 41.5 Å². The molecule has 1 aromatic carbocycles. The zero-order chi connectivity index (χ0) is 15.1. The van der Waals surface area contributed by atoms with E-state index in [1.165, 1.54) is 0 Å². The highest BCUT2D eigenvalue weighted by Gasteiger charge is 2.23. The van der Waals surface area contributed by atoms with Gasteiger partial charge in [-0.2, -0.15) is 0 Å². The summed E-state index contributed by atoms with van der Waals surface area (Å²) in [6, 6.07) is 6.07. The van der Waals surface area contributed by atoms with Gasteiger partial charge in [-0.25, -0.2) is 0 Å². The molecule has 2 atom stereocenters. The molecule has 0 aliphatic rings. The summed E-state index contributed by atoms with van der Waals surface area (Å²) in [7, 11) is 7.06. The summed E-state index contributed by atoms with van der Waals surface area (Å²) < 4.78 is 16.0. The molecule has 0 aliphatic heterocycles. The summed E-state index contributed by atoms with van der Waals surface area (Å²) in [4.78, 5) is 2.20. The summed E-state index contributed by atoms with van der Waals surface area (Å²) in [6.07, 6.45) is 0. The lowest BCUT2D eigenvalue weighted by atomic mass is 10.0. The average molecular weight is 282 g/mol. The predicted octanol–water partition coefficient (Wildman–Crippen LogP) is 1.67. The molecule has 0 aliphatic carbocycles. The van der Waals surface area contributed by atoms with Gasteiger partial charge in [0.1, 0.15) is 11.5 Å². The Morgan fingerprint density at radius 2 is 1.90 bits per heavy atom. The van der Waals surface area contributed by atoms with E-state index in [2.05, 4.69) is 11.8 Å². The van der Waals surface area contributed by atoms with Crippen molar-refractivity contribution >= 4 is 0 Å². The van der Waals surface area contributed by atoms with E-state index in [0.29, 0.717) is 13.2 Å². The minimum atomic E-state index is 0.0465. The summed E-state index contributed by atoms with van der Waals surface area (Å²) >= 11 is 0. The topological polar surface area (TPSA) is 57.0 Å².